The van der Waals surface area contributed by atoms with Gasteiger partial charge in [0, 0.05) is 0 Å². The highest BCUT2D eigenvalue weighted by Crippen LogP contribution is 2.19. The van der Waals surface area contributed by atoms with Crippen LogP contribution in [0, 0.1) is 5.92 Å². The molecule has 1 rings (SSSR count). The molecule has 0 amide bonds. The minimum absolute atomic E-state index is 0.812. The van der Waals surface area contributed by atoms with Gasteiger partial charge < -0.3 is 0 Å². The van der Waals surface area contributed by atoms with Gasteiger partial charge >= 0.3 is 0 Å². The molecule has 0 aromatic rings. The SMILES string of the molecule is C=CCC1C=CCC1. The molecule has 1 aliphatic rings. The number of rotatable bonds is 2. The van der Waals surface area contributed by atoms with Crippen molar-refractivity contribution in [1.82, 2.24) is 0 Å². The highest BCUT2D eigenvalue weighted by molar-refractivity contribution is 4.98. The maximum Gasteiger partial charge on any atom is -0.0196 e. The standard InChI is InChI=1S/C8H12/c1-2-5-8-6-3-4-7-8/h2-3,6,8H,1,4-5,7H2. The number of hydrogen-bond acceptors (Lipinski definition) is 0. The Hall–Kier alpha value is -0.520. The van der Waals surface area contributed by atoms with Crippen LogP contribution in [-0.4, -0.2) is 0 Å². The van der Waals surface area contributed by atoms with E-state index in [4.69, 9.17) is 0 Å². The van der Waals surface area contributed by atoms with E-state index in [-0.39, 0.29) is 0 Å². The van der Waals surface area contributed by atoms with Crippen LogP contribution in [-0.2, 0) is 0 Å². The molecular weight excluding hydrogens is 96.1 g/mol. The molecule has 1 aliphatic carbocycles. The normalized spacial score (nSPS) is 26.2. The minimum atomic E-state index is 0.812. The molecule has 0 fully saturated rings. The lowest BCUT2D eigenvalue weighted by Gasteiger charge is -1.99. The molecule has 0 aromatic carbocycles. The summed E-state index contributed by atoms with van der Waals surface area (Å²) >= 11 is 0. The first-order valence-corrected chi connectivity index (χ1v) is 3.21. The largest absolute Gasteiger partial charge is 0.103 e. The van der Waals surface area contributed by atoms with E-state index >= 15 is 0 Å². The average Bonchev–Trinajstić information content (AvgIpc) is 2.19. The van der Waals surface area contributed by atoms with Crippen molar-refractivity contribution in [2.75, 3.05) is 0 Å². The van der Waals surface area contributed by atoms with Gasteiger partial charge in [-0.1, -0.05) is 18.2 Å². The van der Waals surface area contributed by atoms with Crippen LogP contribution in [0.3, 0.4) is 0 Å². The van der Waals surface area contributed by atoms with Gasteiger partial charge in [-0.15, -0.1) is 6.58 Å². The lowest BCUT2D eigenvalue weighted by atomic mass is 10.1. The van der Waals surface area contributed by atoms with Crippen molar-refractivity contribution in [3.8, 4) is 0 Å². The zero-order chi connectivity index (χ0) is 5.82. The van der Waals surface area contributed by atoms with Crippen LogP contribution < -0.4 is 0 Å². The van der Waals surface area contributed by atoms with Gasteiger partial charge in [-0.05, 0) is 25.2 Å². The van der Waals surface area contributed by atoms with Gasteiger partial charge in [0.15, 0.2) is 0 Å². The number of hydrogen-bond donors (Lipinski definition) is 0. The van der Waals surface area contributed by atoms with Crippen molar-refractivity contribution >= 4 is 0 Å². The molecule has 0 nitrogen and oxygen atoms in total. The topological polar surface area (TPSA) is 0 Å². The Labute approximate surface area is 50.9 Å². The minimum Gasteiger partial charge on any atom is -0.103 e. The van der Waals surface area contributed by atoms with Crippen LogP contribution in [0.25, 0.3) is 0 Å². The molecule has 0 saturated heterocycles. The summed E-state index contributed by atoms with van der Waals surface area (Å²) in [6, 6.07) is 0. The van der Waals surface area contributed by atoms with Crippen LogP contribution in [0.1, 0.15) is 19.3 Å². The second-order valence-corrected chi connectivity index (χ2v) is 2.29. The monoisotopic (exact) mass is 108 g/mol. The van der Waals surface area contributed by atoms with Crippen LogP contribution >= 0.6 is 0 Å². The van der Waals surface area contributed by atoms with Gasteiger partial charge in [-0.25, -0.2) is 0 Å². The maximum atomic E-state index is 3.69. The second-order valence-electron chi connectivity index (χ2n) is 2.29. The van der Waals surface area contributed by atoms with E-state index in [2.05, 4.69) is 18.7 Å². The molecule has 8 heavy (non-hydrogen) atoms. The van der Waals surface area contributed by atoms with E-state index in [9.17, 15) is 0 Å². The van der Waals surface area contributed by atoms with Crippen LogP contribution in [0.4, 0.5) is 0 Å². The molecule has 1 unspecified atom stereocenters. The maximum absolute atomic E-state index is 3.69. The number of allylic oxidation sites excluding steroid dienone is 3. The molecule has 44 valence electrons. The van der Waals surface area contributed by atoms with E-state index in [1.807, 2.05) is 6.08 Å². The molecule has 0 heterocycles. The highest BCUT2D eigenvalue weighted by atomic mass is 14.1. The molecule has 0 saturated carbocycles. The summed E-state index contributed by atoms with van der Waals surface area (Å²) in [5, 5.41) is 0. The predicted octanol–water partition coefficient (Wildman–Crippen LogP) is 2.53. The Balaban J connectivity index is 2.25. The smallest absolute Gasteiger partial charge is 0.0196 e. The fourth-order valence-corrected chi connectivity index (χ4v) is 1.11. The van der Waals surface area contributed by atoms with Gasteiger partial charge in [-0.3, -0.25) is 0 Å². The molecule has 1 atom stereocenters. The second kappa shape index (κ2) is 2.71. The summed E-state index contributed by atoms with van der Waals surface area (Å²) in [4.78, 5) is 0. The highest BCUT2D eigenvalue weighted by Gasteiger charge is 2.04. The quantitative estimate of drug-likeness (QED) is 0.477. The van der Waals surface area contributed by atoms with Crippen molar-refractivity contribution in [3.05, 3.63) is 24.8 Å². The Morgan fingerprint density at radius 1 is 1.75 bits per heavy atom. The van der Waals surface area contributed by atoms with Crippen molar-refractivity contribution in [3.63, 3.8) is 0 Å². The van der Waals surface area contributed by atoms with Gasteiger partial charge in [0.25, 0.3) is 0 Å². The Kier molecular flexibility index (Phi) is 1.90. The molecule has 0 spiro atoms. The van der Waals surface area contributed by atoms with E-state index in [1.54, 1.807) is 0 Å². The summed E-state index contributed by atoms with van der Waals surface area (Å²) in [5.74, 6) is 0.812. The van der Waals surface area contributed by atoms with Gasteiger partial charge in [0.2, 0.25) is 0 Å². The lowest BCUT2D eigenvalue weighted by Crippen LogP contribution is -1.86. The van der Waals surface area contributed by atoms with Crippen molar-refractivity contribution in [1.29, 1.82) is 0 Å². The first-order valence-electron chi connectivity index (χ1n) is 3.21. The van der Waals surface area contributed by atoms with Gasteiger partial charge in [-0.2, -0.15) is 0 Å². The molecule has 0 N–H and O–H groups in total. The molecule has 0 aromatic heterocycles. The first-order chi connectivity index (χ1) is 3.93. The third-order valence-corrected chi connectivity index (χ3v) is 1.58. The fraction of sp³-hybridized carbons (Fsp3) is 0.500. The Morgan fingerprint density at radius 2 is 2.62 bits per heavy atom. The third-order valence-electron chi connectivity index (χ3n) is 1.58. The van der Waals surface area contributed by atoms with Crippen molar-refractivity contribution in [2.24, 2.45) is 5.92 Å². The first kappa shape index (κ1) is 5.61. The van der Waals surface area contributed by atoms with Gasteiger partial charge in [0.1, 0.15) is 0 Å². The molecule has 0 radical (unpaired) electrons. The van der Waals surface area contributed by atoms with E-state index in [1.165, 1.54) is 12.8 Å². The van der Waals surface area contributed by atoms with Crippen LogP contribution in [0.5, 0.6) is 0 Å². The molecule has 0 aliphatic heterocycles. The summed E-state index contributed by atoms with van der Waals surface area (Å²) in [7, 11) is 0. The van der Waals surface area contributed by atoms with E-state index in [0.29, 0.717) is 0 Å². The fourth-order valence-electron chi connectivity index (χ4n) is 1.11. The van der Waals surface area contributed by atoms with Crippen molar-refractivity contribution in [2.45, 2.75) is 19.3 Å². The summed E-state index contributed by atoms with van der Waals surface area (Å²) in [5.41, 5.74) is 0. The zero-order valence-corrected chi connectivity index (χ0v) is 5.14. The van der Waals surface area contributed by atoms with Crippen LogP contribution in [0.2, 0.25) is 0 Å². The summed E-state index contributed by atoms with van der Waals surface area (Å²) in [6.07, 6.45) is 10.3. The van der Waals surface area contributed by atoms with E-state index < -0.39 is 0 Å². The van der Waals surface area contributed by atoms with Crippen LogP contribution in [0.15, 0.2) is 24.8 Å². The van der Waals surface area contributed by atoms with Gasteiger partial charge in [0.05, 0.1) is 0 Å². The summed E-state index contributed by atoms with van der Waals surface area (Å²) < 4.78 is 0. The Morgan fingerprint density at radius 3 is 3.12 bits per heavy atom. The Bertz CT molecular complexity index is 101. The molecular formula is C8H12. The summed E-state index contributed by atoms with van der Waals surface area (Å²) in [6.45, 7) is 3.69. The third kappa shape index (κ3) is 1.22. The lowest BCUT2D eigenvalue weighted by molar-refractivity contribution is 0.644. The molecule has 0 heteroatoms. The van der Waals surface area contributed by atoms with Crippen molar-refractivity contribution < 1.29 is 0 Å². The zero-order valence-electron chi connectivity index (χ0n) is 5.14. The average molecular weight is 108 g/mol. The molecule has 0 bridgehead atoms. The predicted molar refractivity (Wildman–Crippen MR) is 36.7 cm³/mol. The van der Waals surface area contributed by atoms with E-state index in [0.717, 1.165) is 12.3 Å².